The first-order chi connectivity index (χ1) is 11.5. The van der Waals surface area contributed by atoms with Crippen molar-refractivity contribution in [1.82, 2.24) is 15.0 Å². The molecular formula is C19H25N3O2. The van der Waals surface area contributed by atoms with Crippen LogP contribution in [0.15, 0.2) is 34.9 Å². The Balaban J connectivity index is 1.52. The van der Waals surface area contributed by atoms with Crippen LogP contribution in [-0.4, -0.2) is 47.0 Å². The molecule has 1 amide bonds. The molecule has 5 nitrogen and oxygen atoms in total. The standard InChI is InChI=1S/C19H25N3O2/c1-14(2)17-6-4-16(5-7-17)13-21-8-10-22(11-9-21)19(23)18-12-15(3)20-24-18/h4-7,12,14H,8-11,13H2,1-3H3. The second kappa shape index (κ2) is 7.18. The van der Waals surface area contributed by atoms with Gasteiger partial charge in [0.1, 0.15) is 0 Å². The zero-order chi connectivity index (χ0) is 17.1. The zero-order valence-electron chi connectivity index (χ0n) is 14.7. The lowest BCUT2D eigenvalue weighted by atomic mass is 10.0. The Bertz CT molecular complexity index is 683. The molecule has 1 aromatic heterocycles. The SMILES string of the molecule is Cc1cc(C(=O)N2CCN(Cc3ccc(C(C)C)cc3)CC2)on1. The van der Waals surface area contributed by atoms with Crippen molar-refractivity contribution in [1.29, 1.82) is 0 Å². The molecule has 2 heterocycles. The summed E-state index contributed by atoms with van der Waals surface area (Å²) < 4.78 is 5.08. The summed E-state index contributed by atoms with van der Waals surface area (Å²) in [4.78, 5) is 16.6. The summed E-state index contributed by atoms with van der Waals surface area (Å²) >= 11 is 0. The third kappa shape index (κ3) is 3.85. The predicted molar refractivity (Wildman–Crippen MR) is 93.0 cm³/mol. The van der Waals surface area contributed by atoms with Crippen LogP contribution in [0, 0.1) is 6.92 Å². The molecule has 3 rings (SSSR count). The second-order valence-corrected chi connectivity index (χ2v) is 6.80. The first-order valence-electron chi connectivity index (χ1n) is 8.56. The fourth-order valence-corrected chi connectivity index (χ4v) is 3.00. The van der Waals surface area contributed by atoms with Gasteiger partial charge in [-0.05, 0) is 24.0 Å². The third-order valence-corrected chi connectivity index (χ3v) is 4.55. The van der Waals surface area contributed by atoms with Crippen molar-refractivity contribution in [2.45, 2.75) is 33.2 Å². The van der Waals surface area contributed by atoms with Gasteiger partial charge in [-0.15, -0.1) is 0 Å². The minimum absolute atomic E-state index is 0.0588. The molecule has 0 aliphatic carbocycles. The quantitative estimate of drug-likeness (QED) is 0.866. The van der Waals surface area contributed by atoms with Crippen molar-refractivity contribution < 1.29 is 9.32 Å². The van der Waals surface area contributed by atoms with Crippen LogP contribution in [0.25, 0.3) is 0 Å². The van der Waals surface area contributed by atoms with Crippen LogP contribution in [0.2, 0.25) is 0 Å². The van der Waals surface area contributed by atoms with Gasteiger partial charge in [0.2, 0.25) is 5.76 Å². The second-order valence-electron chi connectivity index (χ2n) is 6.80. The summed E-state index contributed by atoms with van der Waals surface area (Å²) in [6.07, 6.45) is 0. The van der Waals surface area contributed by atoms with Crippen LogP contribution in [0.5, 0.6) is 0 Å². The highest BCUT2D eigenvalue weighted by Gasteiger charge is 2.24. The number of hydrogen-bond donors (Lipinski definition) is 0. The van der Waals surface area contributed by atoms with Crippen molar-refractivity contribution in [3.05, 3.63) is 52.9 Å². The number of carbonyl (C=O) groups is 1. The molecule has 24 heavy (non-hydrogen) atoms. The molecule has 0 unspecified atom stereocenters. The minimum Gasteiger partial charge on any atom is -0.351 e. The molecule has 0 saturated carbocycles. The molecule has 2 aromatic rings. The first-order valence-corrected chi connectivity index (χ1v) is 8.56. The Morgan fingerprint density at radius 1 is 1.17 bits per heavy atom. The molecule has 5 heteroatoms. The lowest BCUT2D eigenvalue weighted by molar-refractivity contribution is 0.0588. The van der Waals surface area contributed by atoms with Crippen molar-refractivity contribution in [2.24, 2.45) is 0 Å². The van der Waals surface area contributed by atoms with Crippen LogP contribution in [0.1, 0.15) is 47.1 Å². The minimum atomic E-state index is -0.0588. The fourth-order valence-electron chi connectivity index (χ4n) is 3.00. The Morgan fingerprint density at radius 2 is 1.83 bits per heavy atom. The van der Waals surface area contributed by atoms with E-state index in [9.17, 15) is 4.79 Å². The maximum atomic E-state index is 12.4. The van der Waals surface area contributed by atoms with Crippen LogP contribution >= 0.6 is 0 Å². The monoisotopic (exact) mass is 327 g/mol. The highest BCUT2D eigenvalue weighted by Crippen LogP contribution is 2.17. The van der Waals surface area contributed by atoms with E-state index < -0.39 is 0 Å². The normalized spacial score (nSPS) is 15.9. The van der Waals surface area contributed by atoms with Crippen molar-refractivity contribution in [3.8, 4) is 0 Å². The fraction of sp³-hybridized carbons (Fsp3) is 0.474. The number of nitrogens with zero attached hydrogens (tertiary/aromatic N) is 3. The third-order valence-electron chi connectivity index (χ3n) is 4.55. The lowest BCUT2D eigenvalue weighted by Crippen LogP contribution is -2.48. The Kier molecular flexibility index (Phi) is 5.00. The molecule has 0 atom stereocenters. The summed E-state index contributed by atoms with van der Waals surface area (Å²) in [5.74, 6) is 0.843. The molecule has 1 aliphatic rings. The number of rotatable bonds is 4. The van der Waals surface area contributed by atoms with Gasteiger partial charge in [-0.1, -0.05) is 43.3 Å². The van der Waals surface area contributed by atoms with Gasteiger partial charge in [-0.3, -0.25) is 9.69 Å². The topological polar surface area (TPSA) is 49.6 Å². The first kappa shape index (κ1) is 16.7. The van der Waals surface area contributed by atoms with Gasteiger partial charge in [0.05, 0.1) is 5.69 Å². The van der Waals surface area contributed by atoms with Crippen LogP contribution in [0.4, 0.5) is 0 Å². The number of piperazine rings is 1. The van der Waals surface area contributed by atoms with Crippen LogP contribution in [0.3, 0.4) is 0 Å². The largest absolute Gasteiger partial charge is 0.351 e. The molecule has 0 N–H and O–H groups in total. The van der Waals surface area contributed by atoms with Crippen LogP contribution < -0.4 is 0 Å². The van der Waals surface area contributed by atoms with E-state index in [1.165, 1.54) is 11.1 Å². The molecule has 0 spiro atoms. The highest BCUT2D eigenvalue weighted by molar-refractivity contribution is 5.91. The number of hydrogen-bond acceptors (Lipinski definition) is 4. The Labute approximate surface area is 143 Å². The van der Waals surface area contributed by atoms with Gasteiger partial charge in [-0.25, -0.2) is 0 Å². The predicted octanol–water partition coefficient (Wildman–Crippen LogP) is 3.06. The van der Waals surface area contributed by atoms with E-state index in [1.807, 2.05) is 11.8 Å². The Hall–Kier alpha value is -2.14. The van der Waals surface area contributed by atoms with E-state index in [0.717, 1.165) is 38.4 Å². The molecule has 1 aliphatic heterocycles. The van der Waals surface area contributed by atoms with E-state index in [0.29, 0.717) is 11.7 Å². The summed E-state index contributed by atoms with van der Waals surface area (Å²) in [6, 6.07) is 10.6. The molecular weight excluding hydrogens is 302 g/mol. The number of aryl methyl sites for hydroxylation is 1. The maximum Gasteiger partial charge on any atom is 0.292 e. The summed E-state index contributed by atoms with van der Waals surface area (Å²) in [6.45, 7) is 10.4. The smallest absolute Gasteiger partial charge is 0.292 e. The average Bonchev–Trinajstić information content (AvgIpc) is 3.02. The number of benzene rings is 1. The van der Waals surface area contributed by atoms with Crippen LogP contribution in [-0.2, 0) is 6.54 Å². The summed E-state index contributed by atoms with van der Waals surface area (Å²) in [5.41, 5.74) is 3.43. The van der Waals surface area contributed by atoms with Gasteiger partial charge in [-0.2, -0.15) is 0 Å². The molecule has 1 fully saturated rings. The van der Waals surface area contributed by atoms with E-state index in [-0.39, 0.29) is 5.91 Å². The van der Waals surface area contributed by atoms with Crippen molar-refractivity contribution in [2.75, 3.05) is 26.2 Å². The molecule has 0 radical (unpaired) electrons. The number of amides is 1. The molecule has 128 valence electrons. The van der Waals surface area contributed by atoms with Gasteiger partial charge >= 0.3 is 0 Å². The molecule has 1 saturated heterocycles. The summed E-state index contributed by atoms with van der Waals surface area (Å²) in [7, 11) is 0. The van der Waals surface area contributed by atoms with Crippen molar-refractivity contribution in [3.63, 3.8) is 0 Å². The van der Waals surface area contributed by atoms with Gasteiger partial charge < -0.3 is 9.42 Å². The van der Waals surface area contributed by atoms with E-state index in [1.54, 1.807) is 6.07 Å². The molecule has 0 bridgehead atoms. The van der Waals surface area contributed by atoms with Gasteiger partial charge in [0, 0.05) is 38.8 Å². The number of aromatic nitrogens is 1. The number of carbonyl (C=O) groups excluding carboxylic acids is 1. The van der Waals surface area contributed by atoms with E-state index >= 15 is 0 Å². The van der Waals surface area contributed by atoms with Crippen molar-refractivity contribution >= 4 is 5.91 Å². The molecule has 1 aromatic carbocycles. The summed E-state index contributed by atoms with van der Waals surface area (Å²) in [5, 5.41) is 3.79. The lowest BCUT2D eigenvalue weighted by Gasteiger charge is -2.34. The maximum absolute atomic E-state index is 12.4. The van der Waals surface area contributed by atoms with Gasteiger partial charge in [0.25, 0.3) is 5.91 Å². The zero-order valence-corrected chi connectivity index (χ0v) is 14.7. The van der Waals surface area contributed by atoms with E-state index in [4.69, 9.17) is 4.52 Å². The average molecular weight is 327 g/mol. The highest BCUT2D eigenvalue weighted by atomic mass is 16.5. The van der Waals surface area contributed by atoms with E-state index in [2.05, 4.69) is 48.2 Å². The Morgan fingerprint density at radius 3 is 2.38 bits per heavy atom. The van der Waals surface area contributed by atoms with Gasteiger partial charge in [0.15, 0.2) is 0 Å².